The molecule has 25 heavy (non-hydrogen) atoms. The van der Waals surface area contributed by atoms with Crippen LogP contribution in [0.25, 0.3) is 11.4 Å². The predicted octanol–water partition coefficient (Wildman–Crippen LogP) is 0.123. The van der Waals surface area contributed by atoms with Crippen LogP contribution in [0.1, 0.15) is 17.7 Å². The Morgan fingerprint density at radius 2 is 1.92 bits per heavy atom. The Labute approximate surface area is 140 Å². The van der Waals surface area contributed by atoms with Gasteiger partial charge in [-0.15, -0.1) is 10.2 Å². The third-order valence-electron chi connectivity index (χ3n) is 3.63. The molecule has 0 aliphatic carbocycles. The highest BCUT2D eigenvalue weighted by Crippen LogP contribution is 2.17. The van der Waals surface area contributed by atoms with Crippen molar-refractivity contribution in [2.24, 2.45) is 0 Å². The van der Waals surface area contributed by atoms with E-state index in [2.05, 4.69) is 35.9 Å². The van der Waals surface area contributed by atoms with Crippen molar-refractivity contribution in [2.45, 2.75) is 19.8 Å². The highest BCUT2D eigenvalue weighted by molar-refractivity contribution is 5.91. The van der Waals surface area contributed by atoms with Gasteiger partial charge in [0.1, 0.15) is 0 Å². The number of H-pyrrole nitrogens is 3. The predicted molar refractivity (Wildman–Crippen MR) is 89.0 cm³/mol. The lowest BCUT2D eigenvalue weighted by atomic mass is 10.1. The summed E-state index contributed by atoms with van der Waals surface area (Å²) in [5.74, 6) is 0.225. The van der Waals surface area contributed by atoms with Crippen molar-refractivity contribution in [3.63, 3.8) is 0 Å². The van der Waals surface area contributed by atoms with Crippen LogP contribution >= 0.6 is 0 Å². The minimum Gasteiger partial charge on any atom is -0.326 e. The Morgan fingerprint density at radius 3 is 2.56 bits per heavy atom. The number of aromatic amines is 3. The van der Waals surface area contributed by atoms with Crippen molar-refractivity contribution in [2.75, 3.05) is 5.32 Å². The molecule has 0 unspecified atom stereocenters. The molecule has 0 atom stereocenters. The highest BCUT2D eigenvalue weighted by atomic mass is 16.2. The molecule has 3 aromatic rings. The maximum absolute atomic E-state index is 12.1. The van der Waals surface area contributed by atoms with E-state index >= 15 is 0 Å². The zero-order chi connectivity index (χ0) is 17.8. The van der Waals surface area contributed by atoms with E-state index in [-0.39, 0.29) is 18.7 Å². The molecule has 2 heterocycles. The van der Waals surface area contributed by atoms with Gasteiger partial charge in [0.15, 0.2) is 0 Å². The maximum Gasteiger partial charge on any atom is 0.325 e. The van der Waals surface area contributed by atoms with Gasteiger partial charge in [-0.05, 0) is 42.8 Å². The number of carbonyl (C=O) groups is 1. The zero-order valence-electron chi connectivity index (χ0n) is 13.3. The molecule has 1 amide bonds. The van der Waals surface area contributed by atoms with Crippen LogP contribution in [0.3, 0.4) is 0 Å². The summed E-state index contributed by atoms with van der Waals surface area (Å²) in [4.78, 5) is 39.6. The van der Waals surface area contributed by atoms with Gasteiger partial charge in [-0.25, -0.2) is 4.79 Å². The van der Waals surface area contributed by atoms with Crippen molar-refractivity contribution < 1.29 is 4.79 Å². The second-order valence-corrected chi connectivity index (χ2v) is 5.37. The molecule has 2 aromatic heterocycles. The summed E-state index contributed by atoms with van der Waals surface area (Å²) in [6.07, 6.45) is 0.341. The van der Waals surface area contributed by atoms with Crippen molar-refractivity contribution >= 4 is 11.6 Å². The van der Waals surface area contributed by atoms with E-state index in [1.165, 1.54) is 0 Å². The summed E-state index contributed by atoms with van der Waals surface area (Å²) in [5.41, 5.74) is 1.20. The molecular weight excluding hydrogens is 326 g/mol. The van der Waals surface area contributed by atoms with Crippen molar-refractivity contribution in [3.05, 3.63) is 56.4 Å². The number of anilines is 1. The molecule has 0 aliphatic heterocycles. The van der Waals surface area contributed by atoms with Gasteiger partial charge in [-0.1, -0.05) is 0 Å². The molecule has 0 bridgehead atoms. The largest absolute Gasteiger partial charge is 0.326 e. The number of carbonyl (C=O) groups excluding carboxylic acids is 1. The molecular formula is C15H15N7O3. The Balaban J connectivity index is 1.61. The van der Waals surface area contributed by atoms with E-state index in [4.69, 9.17) is 0 Å². The first-order valence-corrected chi connectivity index (χ1v) is 7.49. The third-order valence-corrected chi connectivity index (χ3v) is 3.63. The topological polar surface area (TPSA) is 149 Å². The Morgan fingerprint density at radius 1 is 1.16 bits per heavy atom. The van der Waals surface area contributed by atoms with E-state index < -0.39 is 11.2 Å². The molecule has 128 valence electrons. The van der Waals surface area contributed by atoms with Crippen LogP contribution in [0.5, 0.6) is 0 Å². The summed E-state index contributed by atoms with van der Waals surface area (Å²) in [5, 5.41) is 16.3. The standard InChI is InChI=1S/C15H15N7O3/c1-8-11(14(24)18-15(25)16-8)6-7-12(23)17-10-4-2-9(3-5-10)13-19-21-22-20-13/h2-5H,6-7H2,1H3,(H,17,23)(H2,16,18,24,25)(H,19,20,21,22). The summed E-state index contributed by atoms with van der Waals surface area (Å²) < 4.78 is 0. The quantitative estimate of drug-likeness (QED) is 0.518. The average molecular weight is 341 g/mol. The van der Waals surface area contributed by atoms with Crippen LogP contribution in [0.15, 0.2) is 33.9 Å². The number of aryl methyl sites for hydroxylation is 1. The molecule has 0 radical (unpaired) electrons. The molecule has 0 spiro atoms. The third kappa shape index (κ3) is 3.86. The van der Waals surface area contributed by atoms with E-state index in [0.29, 0.717) is 22.8 Å². The molecule has 0 fully saturated rings. The molecule has 0 saturated heterocycles. The second kappa shape index (κ2) is 6.91. The molecule has 3 rings (SSSR count). The van der Waals surface area contributed by atoms with E-state index in [1.807, 2.05) is 0 Å². The number of benzene rings is 1. The van der Waals surface area contributed by atoms with Crippen LogP contribution in [0.4, 0.5) is 5.69 Å². The lowest BCUT2D eigenvalue weighted by Gasteiger charge is -2.06. The molecule has 0 saturated carbocycles. The van der Waals surface area contributed by atoms with Gasteiger partial charge in [0, 0.05) is 28.9 Å². The number of amides is 1. The molecule has 10 nitrogen and oxygen atoms in total. The van der Waals surface area contributed by atoms with Gasteiger partial charge in [0.2, 0.25) is 11.7 Å². The highest BCUT2D eigenvalue weighted by Gasteiger charge is 2.10. The van der Waals surface area contributed by atoms with Crippen LogP contribution in [0, 0.1) is 6.92 Å². The fourth-order valence-electron chi connectivity index (χ4n) is 2.38. The van der Waals surface area contributed by atoms with Gasteiger partial charge >= 0.3 is 5.69 Å². The van der Waals surface area contributed by atoms with E-state index in [9.17, 15) is 14.4 Å². The Bertz CT molecular complexity index is 987. The fraction of sp³-hybridized carbons (Fsp3) is 0.200. The van der Waals surface area contributed by atoms with Gasteiger partial charge in [0.05, 0.1) is 0 Å². The number of tetrazole rings is 1. The Kier molecular flexibility index (Phi) is 4.50. The number of hydrogen-bond acceptors (Lipinski definition) is 6. The van der Waals surface area contributed by atoms with Gasteiger partial charge in [0.25, 0.3) is 5.56 Å². The smallest absolute Gasteiger partial charge is 0.325 e. The number of rotatable bonds is 5. The van der Waals surface area contributed by atoms with Crippen LogP contribution in [0.2, 0.25) is 0 Å². The zero-order valence-corrected chi connectivity index (χ0v) is 13.3. The molecule has 10 heteroatoms. The summed E-state index contributed by atoms with van der Waals surface area (Å²) in [6.45, 7) is 1.63. The number of aromatic nitrogens is 6. The summed E-state index contributed by atoms with van der Waals surface area (Å²) in [7, 11) is 0. The van der Waals surface area contributed by atoms with Gasteiger partial charge in [-0.2, -0.15) is 5.21 Å². The summed E-state index contributed by atoms with van der Waals surface area (Å²) >= 11 is 0. The number of hydrogen-bond donors (Lipinski definition) is 4. The second-order valence-electron chi connectivity index (χ2n) is 5.37. The maximum atomic E-state index is 12.1. The molecule has 1 aromatic carbocycles. The lowest BCUT2D eigenvalue weighted by molar-refractivity contribution is -0.116. The Hall–Kier alpha value is -3.56. The fourth-order valence-corrected chi connectivity index (χ4v) is 2.38. The number of nitrogens with zero attached hydrogens (tertiary/aromatic N) is 3. The van der Waals surface area contributed by atoms with E-state index in [1.54, 1.807) is 31.2 Å². The van der Waals surface area contributed by atoms with Crippen LogP contribution in [-0.4, -0.2) is 36.5 Å². The summed E-state index contributed by atoms with van der Waals surface area (Å²) in [6, 6.07) is 6.97. The van der Waals surface area contributed by atoms with Crippen molar-refractivity contribution in [1.82, 2.24) is 30.6 Å². The van der Waals surface area contributed by atoms with Crippen molar-refractivity contribution in [3.8, 4) is 11.4 Å². The van der Waals surface area contributed by atoms with Gasteiger partial charge < -0.3 is 10.3 Å². The average Bonchev–Trinajstić information content (AvgIpc) is 3.09. The van der Waals surface area contributed by atoms with Gasteiger partial charge in [-0.3, -0.25) is 14.6 Å². The SMILES string of the molecule is Cc1[nH]c(=O)[nH]c(=O)c1CCC(=O)Nc1ccc(-c2nn[nH]n2)cc1. The van der Waals surface area contributed by atoms with Crippen LogP contribution < -0.4 is 16.6 Å². The lowest BCUT2D eigenvalue weighted by Crippen LogP contribution is -2.27. The first kappa shape index (κ1) is 16.3. The minimum absolute atomic E-state index is 0.114. The molecule has 4 N–H and O–H groups in total. The number of nitrogens with one attached hydrogen (secondary N) is 4. The first-order valence-electron chi connectivity index (χ1n) is 7.49. The van der Waals surface area contributed by atoms with Crippen LogP contribution in [-0.2, 0) is 11.2 Å². The molecule has 0 aliphatic rings. The van der Waals surface area contributed by atoms with Crippen molar-refractivity contribution in [1.29, 1.82) is 0 Å². The normalized spacial score (nSPS) is 10.6. The van der Waals surface area contributed by atoms with E-state index in [0.717, 1.165) is 5.56 Å². The minimum atomic E-state index is -0.558. The first-order chi connectivity index (χ1) is 12.0. The monoisotopic (exact) mass is 341 g/mol.